The summed E-state index contributed by atoms with van der Waals surface area (Å²) in [6, 6.07) is 1.47. The maximum absolute atomic E-state index is 12.6. The molecule has 1 fully saturated rings. The number of sulfone groups is 1. The Labute approximate surface area is 134 Å². The molecule has 3 heterocycles. The van der Waals surface area contributed by atoms with Crippen molar-refractivity contribution in [3.8, 4) is 0 Å². The minimum Gasteiger partial charge on any atom is -0.332 e. The summed E-state index contributed by atoms with van der Waals surface area (Å²) < 4.78 is 25.4. The Kier molecular flexibility index (Phi) is 4.20. The normalized spacial score (nSPS) is 19.0. The Morgan fingerprint density at radius 1 is 1.43 bits per heavy atom. The molecule has 1 aliphatic heterocycles. The van der Waals surface area contributed by atoms with Crippen molar-refractivity contribution >= 4 is 15.7 Å². The summed E-state index contributed by atoms with van der Waals surface area (Å²) >= 11 is 0. The zero-order chi connectivity index (χ0) is 16.4. The van der Waals surface area contributed by atoms with Gasteiger partial charge in [-0.2, -0.15) is 10.2 Å². The van der Waals surface area contributed by atoms with E-state index in [1.165, 1.54) is 6.20 Å². The van der Waals surface area contributed by atoms with Crippen LogP contribution < -0.4 is 0 Å². The van der Waals surface area contributed by atoms with Gasteiger partial charge in [0.15, 0.2) is 9.84 Å². The van der Waals surface area contributed by atoms with Crippen LogP contribution in [-0.2, 0) is 21.2 Å². The van der Waals surface area contributed by atoms with Crippen LogP contribution in [0.1, 0.15) is 31.0 Å². The highest BCUT2D eigenvalue weighted by molar-refractivity contribution is 7.90. The standard InChI is InChI=1S/C14H19N5O3S/c1-23(21,22)12-9-15-17-14(12)11-5-2-3-8-19(11)13(20)10-18-7-4-6-16-18/h4,6-7,9,11H,2-3,5,8,10H2,1H3,(H,15,17). The fraction of sp³-hybridized carbons (Fsp3) is 0.500. The van der Waals surface area contributed by atoms with Gasteiger partial charge in [0.25, 0.3) is 0 Å². The molecule has 3 rings (SSSR count). The van der Waals surface area contributed by atoms with E-state index in [0.717, 1.165) is 25.5 Å². The Bertz CT molecular complexity index is 781. The first-order chi connectivity index (χ1) is 11.0. The first kappa shape index (κ1) is 15.7. The first-order valence-corrected chi connectivity index (χ1v) is 9.36. The van der Waals surface area contributed by atoms with Gasteiger partial charge in [0, 0.05) is 25.2 Å². The zero-order valence-electron chi connectivity index (χ0n) is 12.8. The van der Waals surface area contributed by atoms with E-state index in [1.807, 2.05) is 0 Å². The highest BCUT2D eigenvalue weighted by Crippen LogP contribution is 2.33. The minimum atomic E-state index is -3.39. The molecule has 2 aromatic rings. The summed E-state index contributed by atoms with van der Waals surface area (Å²) in [5.74, 6) is -0.0764. The van der Waals surface area contributed by atoms with Gasteiger partial charge in [0.05, 0.1) is 17.9 Å². The molecule has 1 unspecified atom stereocenters. The number of hydrogen-bond acceptors (Lipinski definition) is 5. The molecule has 2 aromatic heterocycles. The molecule has 0 bridgehead atoms. The van der Waals surface area contributed by atoms with Crippen molar-refractivity contribution < 1.29 is 13.2 Å². The van der Waals surface area contributed by atoms with Crippen LogP contribution >= 0.6 is 0 Å². The molecule has 1 aliphatic rings. The van der Waals surface area contributed by atoms with Gasteiger partial charge in [-0.15, -0.1) is 0 Å². The van der Waals surface area contributed by atoms with E-state index in [4.69, 9.17) is 0 Å². The van der Waals surface area contributed by atoms with Crippen LogP contribution in [0.15, 0.2) is 29.6 Å². The number of likely N-dealkylation sites (tertiary alicyclic amines) is 1. The molecule has 1 amide bonds. The molecule has 1 saturated heterocycles. The van der Waals surface area contributed by atoms with Crippen LogP contribution in [0.25, 0.3) is 0 Å². The van der Waals surface area contributed by atoms with E-state index in [2.05, 4.69) is 15.3 Å². The second-order valence-electron chi connectivity index (χ2n) is 5.72. The molecule has 124 valence electrons. The monoisotopic (exact) mass is 337 g/mol. The quantitative estimate of drug-likeness (QED) is 0.888. The topological polar surface area (TPSA) is 101 Å². The third-order valence-corrected chi connectivity index (χ3v) is 5.17. The fourth-order valence-electron chi connectivity index (χ4n) is 2.97. The molecule has 0 spiro atoms. The van der Waals surface area contributed by atoms with Gasteiger partial charge in [-0.05, 0) is 25.3 Å². The van der Waals surface area contributed by atoms with Crippen molar-refractivity contribution in [3.63, 3.8) is 0 Å². The predicted molar refractivity (Wildman–Crippen MR) is 82.2 cm³/mol. The molecule has 0 aromatic carbocycles. The third-order valence-electron chi connectivity index (χ3n) is 4.04. The van der Waals surface area contributed by atoms with E-state index >= 15 is 0 Å². The maximum atomic E-state index is 12.6. The third kappa shape index (κ3) is 3.29. The van der Waals surface area contributed by atoms with Crippen LogP contribution in [-0.4, -0.2) is 52.0 Å². The number of aromatic nitrogens is 4. The van der Waals surface area contributed by atoms with Gasteiger partial charge in [-0.25, -0.2) is 8.42 Å². The Morgan fingerprint density at radius 3 is 2.96 bits per heavy atom. The first-order valence-electron chi connectivity index (χ1n) is 7.47. The molecule has 1 atom stereocenters. The number of aromatic amines is 1. The largest absolute Gasteiger partial charge is 0.332 e. The highest BCUT2D eigenvalue weighted by atomic mass is 32.2. The van der Waals surface area contributed by atoms with Crippen LogP contribution in [0.2, 0.25) is 0 Å². The second-order valence-corrected chi connectivity index (χ2v) is 7.71. The fourth-order valence-corrected chi connectivity index (χ4v) is 3.80. The molecular weight excluding hydrogens is 318 g/mol. The number of nitrogens with zero attached hydrogens (tertiary/aromatic N) is 4. The number of nitrogens with one attached hydrogen (secondary N) is 1. The molecule has 8 nitrogen and oxygen atoms in total. The van der Waals surface area contributed by atoms with Crippen LogP contribution in [0, 0.1) is 0 Å². The number of rotatable bonds is 4. The van der Waals surface area contributed by atoms with E-state index in [0.29, 0.717) is 12.2 Å². The smallest absolute Gasteiger partial charge is 0.244 e. The molecular formula is C14H19N5O3S. The Balaban J connectivity index is 1.87. The lowest BCUT2D eigenvalue weighted by Crippen LogP contribution is -2.41. The van der Waals surface area contributed by atoms with Crippen LogP contribution in [0.3, 0.4) is 0 Å². The van der Waals surface area contributed by atoms with E-state index in [1.54, 1.807) is 28.0 Å². The molecule has 23 heavy (non-hydrogen) atoms. The van der Waals surface area contributed by atoms with Gasteiger partial charge in [-0.3, -0.25) is 14.6 Å². The summed E-state index contributed by atoms with van der Waals surface area (Å²) in [6.07, 6.45) is 8.39. The lowest BCUT2D eigenvalue weighted by Gasteiger charge is -2.35. The van der Waals surface area contributed by atoms with E-state index in [9.17, 15) is 13.2 Å². The van der Waals surface area contributed by atoms with Crippen molar-refractivity contribution in [1.29, 1.82) is 0 Å². The van der Waals surface area contributed by atoms with Crippen molar-refractivity contribution in [2.45, 2.75) is 36.7 Å². The Hall–Kier alpha value is -2.16. The summed E-state index contributed by atoms with van der Waals surface area (Å²) in [4.78, 5) is 14.5. The predicted octanol–water partition coefficient (Wildman–Crippen LogP) is 0.763. The average Bonchev–Trinajstić information content (AvgIpc) is 3.17. The number of hydrogen-bond donors (Lipinski definition) is 1. The van der Waals surface area contributed by atoms with Crippen molar-refractivity contribution in [2.24, 2.45) is 0 Å². The van der Waals surface area contributed by atoms with Crippen molar-refractivity contribution in [3.05, 3.63) is 30.4 Å². The van der Waals surface area contributed by atoms with E-state index in [-0.39, 0.29) is 23.4 Å². The molecule has 9 heteroatoms. The Morgan fingerprint density at radius 2 is 2.26 bits per heavy atom. The van der Waals surface area contributed by atoms with Crippen LogP contribution in [0.5, 0.6) is 0 Å². The molecule has 1 N–H and O–H groups in total. The van der Waals surface area contributed by atoms with Gasteiger partial charge in [0.2, 0.25) is 5.91 Å². The summed E-state index contributed by atoms with van der Waals surface area (Å²) in [5, 5.41) is 10.7. The molecule has 0 radical (unpaired) electrons. The average molecular weight is 337 g/mol. The van der Waals surface area contributed by atoms with Crippen molar-refractivity contribution in [2.75, 3.05) is 12.8 Å². The maximum Gasteiger partial charge on any atom is 0.244 e. The SMILES string of the molecule is CS(=O)(=O)c1cn[nH]c1C1CCCCN1C(=O)Cn1cccn1. The molecule has 0 aliphatic carbocycles. The van der Waals surface area contributed by atoms with Gasteiger partial charge >= 0.3 is 0 Å². The second kappa shape index (κ2) is 6.15. The van der Waals surface area contributed by atoms with Gasteiger partial charge in [-0.1, -0.05) is 0 Å². The molecule has 0 saturated carbocycles. The highest BCUT2D eigenvalue weighted by Gasteiger charge is 2.32. The number of H-pyrrole nitrogens is 1. The summed E-state index contributed by atoms with van der Waals surface area (Å²) in [7, 11) is -3.39. The number of carbonyl (C=O) groups is 1. The minimum absolute atomic E-state index is 0.0764. The number of amides is 1. The van der Waals surface area contributed by atoms with Gasteiger partial charge in [0.1, 0.15) is 11.4 Å². The van der Waals surface area contributed by atoms with Crippen molar-refractivity contribution in [1.82, 2.24) is 24.9 Å². The number of carbonyl (C=O) groups excluding carboxylic acids is 1. The summed E-state index contributed by atoms with van der Waals surface area (Å²) in [6.45, 7) is 0.749. The summed E-state index contributed by atoms with van der Waals surface area (Å²) in [5.41, 5.74) is 0.501. The van der Waals surface area contributed by atoms with Gasteiger partial charge < -0.3 is 4.90 Å². The van der Waals surface area contributed by atoms with Crippen LogP contribution in [0.4, 0.5) is 0 Å². The lowest BCUT2D eigenvalue weighted by molar-refractivity contribution is -0.136. The lowest BCUT2D eigenvalue weighted by atomic mass is 9.99. The zero-order valence-corrected chi connectivity index (χ0v) is 13.7. The number of piperidine rings is 1. The van der Waals surface area contributed by atoms with E-state index < -0.39 is 9.84 Å².